The van der Waals surface area contributed by atoms with Crippen molar-refractivity contribution in [1.29, 1.82) is 0 Å². The molecule has 0 radical (unpaired) electrons. The minimum Gasteiger partial charge on any atom is -0.477 e. The zero-order valence-electron chi connectivity index (χ0n) is 23.2. The first-order valence-electron chi connectivity index (χ1n) is 13.5. The van der Waals surface area contributed by atoms with Gasteiger partial charge >= 0.3 is 5.97 Å². The Morgan fingerprint density at radius 1 is 1.21 bits per heavy atom. The first-order chi connectivity index (χ1) is 18.4. The number of hydrogen-bond donors (Lipinski definition) is 2. The number of carboxylic acid groups (broad SMARTS) is 1. The number of allylic oxidation sites excluding steroid dienone is 2. The van der Waals surface area contributed by atoms with Crippen LogP contribution in [0.25, 0.3) is 0 Å². The van der Waals surface area contributed by atoms with Gasteiger partial charge < -0.3 is 14.7 Å². The topological polar surface area (TPSA) is 113 Å². The number of H-pyrrole nitrogens is 1. The van der Waals surface area contributed by atoms with E-state index < -0.39 is 5.97 Å². The van der Waals surface area contributed by atoms with Crippen molar-refractivity contribution < 1.29 is 19.4 Å². The number of hydrogen-bond acceptors (Lipinski definition) is 6. The van der Waals surface area contributed by atoms with E-state index in [2.05, 4.69) is 42.0 Å². The molecule has 1 fully saturated rings. The Morgan fingerprint density at radius 2 is 1.92 bits per heavy atom. The van der Waals surface area contributed by atoms with Gasteiger partial charge in [0.2, 0.25) is 11.8 Å². The summed E-state index contributed by atoms with van der Waals surface area (Å²) >= 11 is 1.13. The zero-order valence-corrected chi connectivity index (χ0v) is 24.1. The van der Waals surface area contributed by atoms with Crippen LogP contribution in [0.1, 0.15) is 87.7 Å². The molecule has 0 aliphatic heterocycles. The molecule has 0 saturated heterocycles. The lowest BCUT2D eigenvalue weighted by molar-refractivity contribution is -0.124. The molecule has 208 valence electrons. The maximum atomic E-state index is 14.2. The fourth-order valence-corrected chi connectivity index (χ4v) is 6.17. The van der Waals surface area contributed by atoms with Crippen molar-refractivity contribution in [2.24, 2.45) is 17.3 Å². The second kappa shape index (κ2) is 11.8. The molecule has 39 heavy (non-hydrogen) atoms. The second-order valence-electron chi connectivity index (χ2n) is 11.7. The van der Waals surface area contributed by atoms with Gasteiger partial charge in [-0.3, -0.25) is 9.59 Å². The van der Waals surface area contributed by atoms with Gasteiger partial charge in [0.05, 0.1) is 10.6 Å². The third-order valence-corrected chi connectivity index (χ3v) is 8.31. The van der Waals surface area contributed by atoms with Crippen molar-refractivity contribution >= 4 is 28.9 Å². The largest absolute Gasteiger partial charge is 0.477 e. The number of aromatic amines is 1. The molecule has 0 aromatic carbocycles. The summed E-state index contributed by atoms with van der Waals surface area (Å²) in [5, 5.41) is 16.4. The van der Waals surface area contributed by atoms with Gasteiger partial charge in [-0.1, -0.05) is 30.4 Å². The Bertz CT molecular complexity index is 1340. The van der Waals surface area contributed by atoms with E-state index in [0.29, 0.717) is 48.5 Å². The SMILES string of the molecule is CC1=CC[C@H](C(=O)N(c2cc(C#CC(C)(C)C)sc2C(=O)O)[C@H]2CC[C@H](Oc3ccc(=O)[nH]n3)CC2)[C@@H](C)C1. The molecule has 0 unspecified atom stereocenters. The highest BCUT2D eigenvalue weighted by molar-refractivity contribution is 7.15. The molecule has 0 spiro atoms. The summed E-state index contributed by atoms with van der Waals surface area (Å²) in [6.07, 6.45) is 6.22. The fourth-order valence-electron chi connectivity index (χ4n) is 5.33. The van der Waals surface area contributed by atoms with Crippen LogP contribution in [-0.4, -0.2) is 39.3 Å². The summed E-state index contributed by atoms with van der Waals surface area (Å²) in [6.45, 7) is 10.2. The summed E-state index contributed by atoms with van der Waals surface area (Å²) < 4.78 is 5.98. The zero-order chi connectivity index (χ0) is 28.3. The number of thiophene rings is 1. The lowest BCUT2D eigenvalue weighted by Crippen LogP contribution is -2.48. The Hall–Kier alpha value is -3.38. The average Bonchev–Trinajstić information content (AvgIpc) is 3.29. The molecule has 2 N–H and O–H groups in total. The number of aromatic carboxylic acids is 1. The number of carbonyl (C=O) groups is 2. The number of carbonyl (C=O) groups excluding carboxylic acids is 1. The molecule has 2 aliphatic carbocycles. The first kappa shape index (κ1) is 28.6. The number of carboxylic acids is 1. The van der Waals surface area contributed by atoms with Crippen molar-refractivity contribution in [2.75, 3.05) is 4.90 Å². The van der Waals surface area contributed by atoms with E-state index in [9.17, 15) is 19.5 Å². The van der Waals surface area contributed by atoms with Crippen LogP contribution in [0.15, 0.2) is 34.6 Å². The predicted octanol–water partition coefficient (Wildman–Crippen LogP) is 5.64. The van der Waals surface area contributed by atoms with E-state index in [-0.39, 0.29) is 45.7 Å². The van der Waals surface area contributed by atoms with Crippen molar-refractivity contribution in [3.05, 3.63) is 50.0 Å². The third kappa shape index (κ3) is 7.18. The second-order valence-corrected chi connectivity index (χ2v) is 12.8. The molecule has 1 amide bonds. The van der Waals surface area contributed by atoms with Gasteiger partial charge in [0.25, 0.3) is 5.56 Å². The van der Waals surface area contributed by atoms with Crippen LogP contribution in [0, 0.1) is 29.1 Å². The first-order valence-corrected chi connectivity index (χ1v) is 14.3. The van der Waals surface area contributed by atoms with Gasteiger partial charge in [0.15, 0.2) is 0 Å². The Morgan fingerprint density at radius 3 is 2.51 bits per heavy atom. The maximum absolute atomic E-state index is 14.2. The highest BCUT2D eigenvalue weighted by Gasteiger charge is 2.39. The molecule has 2 aromatic heterocycles. The van der Waals surface area contributed by atoms with Crippen LogP contribution in [0.3, 0.4) is 0 Å². The molecule has 8 nitrogen and oxygen atoms in total. The fraction of sp³-hybridized carbons (Fsp3) is 0.533. The number of nitrogens with zero attached hydrogens (tertiary/aromatic N) is 2. The number of ether oxygens (including phenoxy) is 1. The number of amides is 1. The lowest BCUT2D eigenvalue weighted by atomic mass is 9.79. The van der Waals surface area contributed by atoms with E-state index in [4.69, 9.17) is 4.74 Å². The number of anilines is 1. The van der Waals surface area contributed by atoms with Crippen LogP contribution in [0.5, 0.6) is 5.88 Å². The van der Waals surface area contributed by atoms with E-state index in [1.807, 2.05) is 20.8 Å². The Kier molecular flexibility index (Phi) is 8.65. The van der Waals surface area contributed by atoms with Crippen molar-refractivity contribution in [2.45, 2.75) is 85.3 Å². The van der Waals surface area contributed by atoms with Gasteiger partial charge in [-0.2, -0.15) is 0 Å². The molecule has 2 aliphatic rings. The quantitative estimate of drug-likeness (QED) is 0.355. The summed E-state index contributed by atoms with van der Waals surface area (Å²) in [6, 6.07) is 4.55. The summed E-state index contributed by atoms with van der Waals surface area (Å²) in [7, 11) is 0. The number of rotatable bonds is 6. The molecule has 2 heterocycles. The van der Waals surface area contributed by atoms with Crippen LogP contribution >= 0.6 is 11.3 Å². The molecule has 1 saturated carbocycles. The lowest BCUT2D eigenvalue weighted by Gasteiger charge is -2.40. The highest BCUT2D eigenvalue weighted by atomic mass is 32.1. The Balaban J connectivity index is 1.64. The van der Waals surface area contributed by atoms with Gasteiger partial charge in [0, 0.05) is 29.5 Å². The minimum absolute atomic E-state index is 0.0199. The van der Waals surface area contributed by atoms with E-state index in [1.54, 1.807) is 17.0 Å². The molecular weight excluding hydrogens is 514 g/mol. The van der Waals surface area contributed by atoms with Gasteiger partial charge in [-0.25, -0.2) is 9.89 Å². The smallest absolute Gasteiger partial charge is 0.348 e. The highest BCUT2D eigenvalue weighted by Crippen LogP contribution is 2.39. The molecule has 0 bridgehead atoms. The number of nitrogens with one attached hydrogen (secondary N) is 1. The number of aromatic nitrogens is 2. The third-order valence-electron chi connectivity index (χ3n) is 7.28. The Labute approximate surface area is 233 Å². The molecule has 2 aromatic rings. The standard InChI is InChI=1S/C30H37N3O5S/c1-18-6-11-23(19(2)16-18)28(35)33(24-17-22(14-15-30(3,4)5)39-27(24)29(36)37)20-7-9-21(10-8-20)38-26-13-12-25(34)31-32-26/h6,12-13,17,19-21,23H,7-11,16H2,1-5H3,(H,31,34)(H,36,37)/t19-,20-,21-,23-/m0/s1. The molecular formula is C30H37N3O5S. The normalized spacial score (nSPS) is 23.3. The molecule has 2 atom stereocenters. The van der Waals surface area contributed by atoms with Gasteiger partial charge in [-0.05, 0) is 78.2 Å². The average molecular weight is 552 g/mol. The van der Waals surface area contributed by atoms with Crippen LogP contribution in [0.2, 0.25) is 0 Å². The summed E-state index contributed by atoms with van der Waals surface area (Å²) in [5.41, 5.74) is 1.21. The maximum Gasteiger partial charge on any atom is 0.348 e. The van der Waals surface area contributed by atoms with Gasteiger partial charge in [0.1, 0.15) is 11.0 Å². The monoisotopic (exact) mass is 551 g/mol. The molecule has 4 rings (SSSR count). The van der Waals surface area contributed by atoms with E-state index >= 15 is 0 Å². The van der Waals surface area contributed by atoms with Crippen LogP contribution in [0.4, 0.5) is 5.69 Å². The predicted molar refractivity (Wildman–Crippen MR) is 152 cm³/mol. The molecule has 9 heteroatoms. The van der Waals surface area contributed by atoms with Crippen molar-refractivity contribution in [3.63, 3.8) is 0 Å². The summed E-state index contributed by atoms with van der Waals surface area (Å²) in [4.78, 5) is 40.5. The van der Waals surface area contributed by atoms with Crippen LogP contribution in [-0.2, 0) is 4.79 Å². The van der Waals surface area contributed by atoms with Crippen molar-refractivity contribution in [1.82, 2.24) is 10.2 Å². The van der Waals surface area contributed by atoms with Gasteiger partial charge in [-0.15, -0.1) is 16.4 Å². The van der Waals surface area contributed by atoms with Crippen LogP contribution < -0.4 is 15.2 Å². The van der Waals surface area contributed by atoms with Crippen molar-refractivity contribution in [3.8, 4) is 17.7 Å². The summed E-state index contributed by atoms with van der Waals surface area (Å²) in [5.74, 6) is 5.57. The van der Waals surface area contributed by atoms with E-state index in [0.717, 1.165) is 17.8 Å². The minimum atomic E-state index is -1.05. The van der Waals surface area contributed by atoms with E-state index in [1.165, 1.54) is 11.6 Å².